The van der Waals surface area contributed by atoms with Crippen molar-refractivity contribution in [3.8, 4) is 11.8 Å². The third-order valence-corrected chi connectivity index (χ3v) is 1.42. The summed E-state index contributed by atoms with van der Waals surface area (Å²) >= 11 is 0. The maximum atomic E-state index is 4.81. The second kappa shape index (κ2) is 5.36. The molecule has 0 saturated heterocycles. The molecule has 0 aromatic heterocycles. The Morgan fingerprint density at radius 2 is 1.92 bits per heavy atom. The van der Waals surface area contributed by atoms with E-state index in [4.69, 9.17) is 5.90 Å². The van der Waals surface area contributed by atoms with E-state index in [1.54, 1.807) is 0 Å². The first-order valence-corrected chi connectivity index (χ1v) is 3.75. The van der Waals surface area contributed by atoms with Crippen molar-refractivity contribution in [1.82, 2.24) is 0 Å². The van der Waals surface area contributed by atoms with Crippen LogP contribution in [0.1, 0.15) is 5.56 Å². The predicted octanol–water partition coefficient (Wildman–Crippen LogP) is 1.12. The Kier molecular flexibility index (Phi) is 3.93. The Bertz CT molecular complexity index is 271. The highest BCUT2D eigenvalue weighted by Crippen LogP contribution is 1.97. The molecular formula is C10H11NO. The number of nitrogens with two attached hydrogens (primary N) is 1. The Morgan fingerprint density at radius 3 is 2.58 bits per heavy atom. The molecule has 2 N–H and O–H groups in total. The van der Waals surface area contributed by atoms with E-state index in [0.29, 0.717) is 6.61 Å². The second-order valence-corrected chi connectivity index (χ2v) is 2.33. The van der Waals surface area contributed by atoms with Gasteiger partial charge in [0.15, 0.2) is 0 Å². The van der Waals surface area contributed by atoms with Gasteiger partial charge in [-0.3, -0.25) is 4.84 Å². The summed E-state index contributed by atoms with van der Waals surface area (Å²) in [4.78, 5) is 4.31. The normalized spacial score (nSPS) is 8.75. The molecule has 0 spiro atoms. The SMILES string of the molecule is NOCC#CCc1ccccc1. The summed E-state index contributed by atoms with van der Waals surface area (Å²) in [6, 6.07) is 10.1. The van der Waals surface area contributed by atoms with Crippen molar-refractivity contribution >= 4 is 0 Å². The fourth-order valence-electron chi connectivity index (χ4n) is 0.853. The van der Waals surface area contributed by atoms with Crippen molar-refractivity contribution < 1.29 is 4.84 Å². The van der Waals surface area contributed by atoms with Gasteiger partial charge in [0.25, 0.3) is 0 Å². The molecule has 2 heteroatoms. The monoisotopic (exact) mass is 161 g/mol. The molecule has 0 radical (unpaired) electrons. The maximum Gasteiger partial charge on any atom is 0.128 e. The van der Waals surface area contributed by atoms with Gasteiger partial charge in [-0.15, -0.1) is 0 Å². The summed E-state index contributed by atoms with van der Waals surface area (Å²) in [7, 11) is 0. The fourth-order valence-corrected chi connectivity index (χ4v) is 0.853. The van der Waals surface area contributed by atoms with E-state index in [1.165, 1.54) is 5.56 Å². The topological polar surface area (TPSA) is 35.2 Å². The van der Waals surface area contributed by atoms with Crippen LogP contribution in [-0.4, -0.2) is 6.61 Å². The van der Waals surface area contributed by atoms with Crippen molar-refractivity contribution in [2.75, 3.05) is 6.61 Å². The van der Waals surface area contributed by atoms with E-state index in [-0.39, 0.29) is 0 Å². The van der Waals surface area contributed by atoms with Crippen LogP contribution >= 0.6 is 0 Å². The number of hydrogen-bond donors (Lipinski definition) is 1. The van der Waals surface area contributed by atoms with Gasteiger partial charge in [-0.05, 0) is 5.56 Å². The molecule has 62 valence electrons. The van der Waals surface area contributed by atoms with E-state index in [9.17, 15) is 0 Å². The van der Waals surface area contributed by atoms with Gasteiger partial charge in [-0.2, -0.15) is 0 Å². The highest BCUT2D eigenvalue weighted by molar-refractivity contribution is 5.20. The highest BCUT2D eigenvalue weighted by Gasteiger charge is 1.84. The van der Waals surface area contributed by atoms with Gasteiger partial charge in [0, 0.05) is 6.42 Å². The molecule has 1 rings (SSSR count). The van der Waals surface area contributed by atoms with Gasteiger partial charge in [0.2, 0.25) is 0 Å². The summed E-state index contributed by atoms with van der Waals surface area (Å²) in [5, 5.41) is 0. The molecule has 0 amide bonds. The molecule has 0 aliphatic heterocycles. The van der Waals surface area contributed by atoms with Crippen LogP contribution in [0, 0.1) is 11.8 Å². The molecule has 12 heavy (non-hydrogen) atoms. The smallest absolute Gasteiger partial charge is 0.128 e. The van der Waals surface area contributed by atoms with E-state index < -0.39 is 0 Å². The molecule has 0 saturated carbocycles. The van der Waals surface area contributed by atoms with Crippen LogP contribution < -0.4 is 5.90 Å². The van der Waals surface area contributed by atoms with Crippen molar-refractivity contribution in [2.45, 2.75) is 6.42 Å². The van der Waals surface area contributed by atoms with E-state index in [0.717, 1.165) is 6.42 Å². The first-order chi connectivity index (χ1) is 5.93. The summed E-state index contributed by atoms with van der Waals surface area (Å²) in [6.45, 7) is 0.298. The molecule has 0 heterocycles. The first kappa shape index (κ1) is 8.79. The molecule has 0 atom stereocenters. The fraction of sp³-hybridized carbons (Fsp3) is 0.200. The second-order valence-electron chi connectivity index (χ2n) is 2.33. The van der Waals surface area contributed by atoms with Crippen LogP contribution in [-0.2, 0) is 11.3 Å². The largest absolute Gasteiger partial charge is 0.292 e. The summed E-state index contributed by atoms with van der Waals surface area (Å²) in [5.74, 6) is 10.5. The van der Waals surface area contributed by atoms with Crippen LogP contribution in [0.25, 0.3) is 0 Å². The molecule has 0 bridgehead atoms. The molecule has 0 fully saturated rings. The average Bonchev–Trinajstić information content (AvgIpc) is 2.14. The van der Waals surface area contributed by atoms with Crippen LogP contribution in [0.4, 0.5) is 0 Å². The average molecular weight is 161 g/mol. The van der Waals surface area contributed by atoms with E-state index in [1.807, 2.05) is 30.3 Å². The highest BCUT2D eigenvalue weighted by atomic mass is 16.6. The molecular weight excluding hydrogens is 150 g/mol. The lowest BCUT2D eigenvalue weighted by Gasteiger charge is -1.90. The maximum absolute atomic E-state index is 4.81. The van der Waals surface area contributed by atoms with Gasteiger partial charge < -0.3 is 0 Å². The van der Waals surface area contributed by atoms with Crippen molar-refractivity contribution in [3.63, 3.8) is 0 Å². The van der Waals surface area contributed by atoms with Crippen LogP contribution in [0.3, 0.4) is 0 Å². The molecule has 0 unspecified atom stereocenters. The standard InChI is InChI=1S/C10H11NO/c11-12-9-5-4-8-10-6-2-1-3-7-10/h1-3,6-7H,8-9,11H2. The molecule has 1 aromatic rings. The lowest BCUT2D eigenvalue weighted by atomic mass is 10.2. The zero-order valence-electron chi connectivity index (χ0n) is 6.79. The third kappa shape index (κ3) is 3.20. The minimum atomic E-state index is 0.298. The number of benzene rings is 1. The summed E-state index contributed by atoms with van der Waals surface area (Å²) in [6.07, 6.45) is 0.754. The Morgan fingerprint density at radius 1 is 1.17 bits per heavy atom. The van der Waals surface area contributed by atoms with Gasteiger partial charge in [0.1, 0.15) is 6.61 Å². The first-order valence-electron chi connectivity index (χ1n) is 3.75. The Balaban J connectivity index is 2.40. The van der Waals surface area contributed by atoms with E-state index in [2.05, 4.69) is 16.7 Å². The van der Waals surface area contributed by atoms with Crippen LogP contribution in [0.15, 0.2) is 30.3 Å². The summed E-state index contributed by atoms with van der Waals surface area (Å²) < 4.78 is 0. The van der Waals surface area contributed by atoms with Crippen LogP contribution in [0.5, 0.6) is 0 Å². The summed E-state index contributed by atoms with van der Waals surface area (Å²) in [5.41, 5.74) is 1.21. The molecule has 1 aromatic carbocycles. The van der Waals surface area contributed by atoms with Crippen molar-refractivity contribution in [2.24, 2.45) is 5.90 Å². The quantitative estimate of drug-likeness (QED) is 0.521. The molecule has 0 aliphatic carbocycles. The minimum Gasteiger partial charge on any atom is -0.292 e. The van der Waals surface area contributed by atoms with Gasteiger partial charge in [-0.25, -0.2) is 5.90 Å². The lowest BCUT2D eigenvalue weighted by Crippen LogP contribution is -1.97. The van der Waals surface area contributed by atoms with Gasteiger partial charge >= 0.3 is 0 Å². The third-order valence-electron chi connectivity index (χ3n) is 1.42. The Hall–Kier alpha value is -1.30. The molecule has 0 aliphatic rings. The number of rotatable bonds is 2. The van der Waals surface area contributed by atoms with E-state index >= 15 is 0 Å². The predicted molar refractivity (Wildman–Crippen MR) is 48.1 cm³/mol. The number of hydrogen-bond acceptors (Lipinski definition) is 2. The zero-order chi connectivity index (χ0) is 8.65. The lowest BCUT2D eigenvalue weighted by molar-refractivity contribution is 0.173. The van der Waals surface area contributed by atoms with Gasteiger partial charge in [-0.1, -0.05) is 42.2 Å². The van der Waals surface area contributed by atoms with Gasteiger partial charge in [0.05, 0.1) is 0 Å². The Labute approximate surface area is 72.3 Å². The minimum absolute atomic E-state index is 0.298. The molecule has 2 nitrogen and oxygen atoms in total. The zero-order valence-corrected chi connectivity index (χ0v) is 6.79. The van der Waals surface area contributed by atoms with Crippen molar-refractivity contribution in [1.29, 1.82) is 0 Å². The van der Waals surface area contributed by atoms with Crippen molar-refractivity contribution in [3.05, 3.63) is 35.9 Å². The van der Waals surface area contributed by atoms with Crippen LogP contribution in [0.2, 0.25) is 0 Å².